The highest BCUT2D eigenvalue weighted by atomic mass is 15.0. The van der Waals surface area contributed by atoms with Gasteiger partial charge in [0.15, 0.2) is 0 Å². The minimum atomic E-state index is -0.304. The molecule has 2 fully saturated rings. The van der Waals surface area contributed by atoms with E-state index in [1.54, 1.807) is 0 Å². The van der Waals surface area contributed by atoms with Gasteiger partial charge in [0, 0.05) is 5.70 Å². The van der Waals surface area contributed by atoms with E-state index in [1.807, 2.05) is 18.2 Å². The summed E-state index contributed by atoms with van der Waals surface area (Å²) >= 11 is 0. The van der Waals surface area contributed by atoms with Crippen molar-refractivity contribution in [2.45, 2.75) is 63.8 Å². The maximum atomic E-state index is 10.0. The number of aliphatic imine (C=N–C) groups is 1. The first-order chi connectivity index (χ1) is 13.2. The summed E-state index contributed by atoms with van der Waals surface area (Å²) in [5.74, 6) is 1.52. The maximum Gasteiger partial charge on any atom is 0.125 e. The third-order valence-electron chi connectivity index (χ3n) is 6.23. The lowest BCUT2D eigenvalue weighted by Crippen LogP contribution is -2.33. The van der Waals surface area contributed by atoms with Gasteiger partial charge in [-0.05, 0) is 68.2 Å². The van der Waals surface area contributed by atoms with Crippen molar-refractivity contribution in [2.75, 3.05) is 0 Å². The number of allylic oxidation sites excluding steroid dienone is 5. The summed E-state index contributed by atoms with van der Waals surface area (Å²) in [5, 5.41) is 22.7. The standard InChI is InChI=1S/C23H26N4/c24-15-17-6-2-3-7-20(12-17)26-22-14-19(13-21(27-22)18-8-9-18)23(16-25)10-4-1-5-11-23/h2,6-7,12,14,18,21H,1,3-5,8-11,13H2,(H,26,27). The molecule has 0 aromatic rings. The van der Waals surface area contributed by atoms with Crippen molar-refractivity contribution in [3.05, 3.63) is 47.2 Å². The number of amidine groups is 1. The third kappa shape index (κ3) is 3.91. The molecule has 138 valence electrons. The van der Waals surface area contributed by atoms with Gasteiger partial charge in [0.05, 0.1) is 29.2 Å². The van der Waals surface area contributed by atoms with Crippen molar-refractivity contribution in [1.82, 2.24) is 5.32 Å². The maximum absolute atomic E-state index is 10.0. The van der Waals surface area contributed by atoms with E-state index in [9.17, 15) is 10.5 Å². The van der Waals surface area contributed by atoms with E-state index in [2.05, 4.69) is 29.6 Å². The van der Waals surface area contributed by atoms with Crippen LogP contribution in [0.1, 0.15) is 57.8 Å². The number of hydrogen-bond donors (Lipinski definition) is 1. The predicted molar refractivity (Wildman–Crippen MR) is 106 cm³/mol. The molecular weight excluding hydrogens is 332 g/mol. The minimum Gasteiger partial charge on any atom is -0.341 e. The summed E-state index contributed by atoms with van der Waals surface area (Å²) in [6.07, 6.45) is 19.6. The van der Waals surface area contributed by atoms with Gasteiger partial charge in [0.25, 0.3) is 0 Å². The fourth-order valence-electron chi connectivity index (χ4n) is 4.49. The zero-order valence-corrected chi connectivity index (χ0v) is 15.7. The molecule has 4 heteroatoms. The first-order valence-corrected chi connectivity index (χ1v) is 10.2. The van der Waals surface area contributed by atoms with Gasteiger partial charge in [-0.15, -0.1) is 0 Å². The molecule has 1 atom stereocenters. The summed E-state index contributed by atoms with van der Waals surface area (Å²) in [6, 6.07) is 5.20. The number of dihydropyridines is 1. The Hall–Kier alpha value is -2.59. The van der Waals surface area contributed by atoms with Crippen molar-refractivity contribution in [2.24, 2.45) is 16.3 Å². The van der Waals surface area contributed by atoms with Crippen molar-refractivity contribution in [1.29, 1.82) is 10.5 Å². The van der Waals surface area contributed by atoms with Gasteiger partial charge in [-0.2, -0.15) is 10.5 Å². The zero-order valence-electron chi connectivity index (χ0n) is 15.7. The molecule has 1 unspecified atom stereocenters. The van der Waals surface area contributed by atoms with Crippen LogP contribution in [-0.4, -0.2) is 11.9 Å². The Balaban J connectivity index is 1.62. The SMILES string of the molecule is N#CC1=CC(NC2=NC(C3CC3)CC(C3(C#N)CCCCC3)=C2)=CCC=C1. The lowest BCUT2D eigenvalue weighted by atomic mass is 9.67. The number of nitrogens with one attached hydrogen (secondary N) is 1. The Morgan fingerprint density at radius 3 is 2.63 bits per heavy atom. The Kier molecular flexibility index (Phi) is 4.99. The lowest BCUT2D eigenvalue weighted by molar-refractivity contribution is 0.303. The molecule has 0 amide bonds. The molecule has 3 aliphatic carbocycles. The molecule has 0 spiro atoms. The molecule has 0 saturated heterocycles. The first kappa shape index (κ1) is 17.8. The normalized spacial score (nSPS) is 27.1. The molecule has 1 heterocycles. The average Bonchev–Trinajstić information content (AvgIpc) is 3.56. The van der Waals surface area contributed by atoms with Gasteiger partial charge >= 0.3 is 0 Å². The van der Waals surface area contributed by atoms with E-state index in [1.165, 1.54) is 24.8 Å². The summed E-state index contributed by atoms with van der Waals surface area (Å²) in [5.41, 5.74) is 2.53. The highest BCUT2D eigenvalue weighted by molar-refractivity contribution is 5.96. The third-order valence-corrected chi connectivity index (χ3v) is 6.23. The van der Waals surface area contributed by atoms with Crippen LogP contribution < -0.4 is 5.32 Å². The van der Waals surface area contributed by atoms with Gasteiger partial charge in [0.2, 0.25) is 0 Å². The van der Waals surface area contributed by atoms with E-state index in [0.29, 0.717) is 17.5 Å². The second-order valence-corrected chi connectivity index (χ2v) is 8.18. The van der Waals surface area contributed by atoms with Crippen LogP contribution in [0.15, 0.2) is 52.2 Å². The van der Waals surface area contributed by atoms with Gasteiger partial charge in [-0.1, -0.05) is 31.4 Å². The van der Waals surface area contributed by atoms with Crippen molar-refractivity contribution in [3.63, 3.8) is 0 Å². The monoisotopic (exact) mass is 358 g/mol. The molecule has 0 radical (unpaired) electrons. The molecular formula is C23H26N4. The van der Waals surface area contributed by atoms with Gasteiger partial charge in [0.1, 0.15) is 5.84 Å². The Morgan fingerprint density at radius 2 is 1.93 bits per heavy atom. The Morgan fingerprint density at radius 1 is 1.11 bits per heavy atom. The molecule has 4 aliphatic rings. The van der Waals surface area contributed by atoms with E-state index in [0.717, 1.165) is 50.1 Å². The zero-order chi connectivity index (χ0) is 18.7. The van der Waals surface area contributed by atoms with Crippen LogP contribution in [0, 0.1) is 34.0 Å². The molecule has 27 heavy (non-hydrogen) atoms. The number of hydrogen-bond acceptors (Lipinski definition) is 4. The molecule has 4 rings (SSSR count). The Labute approximate surface area is 161 Å². The summed E-state index contributed by atoms with van der Waals surface area (Å²) in [7, 11) is 0. The molecule has 2 saturated carbocycles. The minimum absolute atomic E-state index is 0.295. The quantitative estimate of drug-likeness (QED) is 0.784. The average molecular weight is 358 g/mol. The first-order valence-electron chi connectivity index (χ1n) is 10.2. The van der Waals surface area contributed by atoms with Gasteiger partial charge < -0.3 is 5.32 Å². The number of nitriles is 2. The molecule has 1 aliphatic heterocycles. The number of nitrogens with zero attached hydrogens (tertiary/aromatic N) is 3. The topological polar surface area (TPSA) is 72.0 Å². The highest BCUT2D eigenvalue weighted by Gasteiger charge is 2.41. The van der Waals surface area contributed by atoms with Gasteiger partial charge in [-0.25, -0.2) is 0 Å². The van der Waals surface area contributed by atoms with Crippen LogP contribution in [0.3, 0.4) is 0 Å². The highest BCUT2D eigenvalue weighted by Crippen LogP contribution is 2.47. The van der Waals surface area contributed by atoms with Crippen LogP contribution in [-0.2, 0) is 0 Å². The summed E-state index contributed by atoms with van der Waals surface area (Å²) < 4.78 is 0. The molecule has 1 N–H and O–H groups in total. The fourth-order valence-corrected chi connectivity index (χ4v) is 4.49. The Bertz CT molecular complexity index is 831. The van der Waals surface area contributed by atoms with Crippen LogP contribution in [0.4, 0.5) is 0 Å². The summed E-state index contributed by atoms with van der Waals surface area (Å²) in [4.78, 5) is 4.98. The molecule has 0 aromatic carbocycles. The van der Waals surface area contributed by atoms with E-state index in [-0.39, 0.29) is 5.41 Å². The van der Waals surface area contributed by atoms with E-state index >= 15 is 0 Å². The van der Waals surface area contributed by atoms with E-state index < -0.39 is 0 Å². The summed E-state index contributed by atoms with van der Waals surface area (Å²) in [6.45, 7) is 0. The molecule has 0 bridgehead atoms. The molecule has 0 aromatic heterocycles. The largest absolute Gasteiger partial charge is 0.341 e. The van der Waals surface area contributed by atoms with Gasteiger partial charge in [-0.3, -0.25) is 4.99 Å². The second-order valence-electron chi connectivity index (χ2n) is 8.18. The van der Waals surface area contributed by atoms with Crippen LogP contribution >= 0.6 is 0 Å². The van der Waals surface area contributed by atoms with E-state index in [4.69, 9.17) is 4.99 Å². The molecule has 4 nitrogen and oxygen atoms in total. The van der Waals surface area contributed by atoms with Crippen molar-refractivity contribution in [3.8, 4) is 12.1 Å². The smallest absolute Gasteiger partial charge is 0.125 e. The van der Waals surface area contributed by atoms with Crippen molar-refractivity contribution >= 4 is 5.84 Å². The lowest BCUT2D eigenvalue weighted by Gasteiger charge is -2.36. The van der Waals surface area contributed by atoms with Crippen LogP contribution in [0.5, 0.6) is 0 Å². The fraction of sp³-hybridized carbons (Fsp3) is 0.522. The van der Waals surface area contributed by atoms with Crippen LogP contribution in [0.25, 0.3) is 0 Å². The van der Waals surface area contributed by atoms with Crippen LogP contribution in [0.2, 0.25) is 0 Å². The second kappa shape index (κ2) is 7.57. The number of rotatable bonds is 3. The van der Waals surface area contributed by atoms with Crippen molar-refractivity contribution < 1.29 is 0 Å². The predicted octanol–water partition coefficient (Wildman–Crippen LogP) is 4.85.